The maximum absolute atomic E-state index is 12.5. The lowest BCUT2D eigenvalue weighted by Crippen LogP contribution is -2.32. The molecule has 3 heterocycles. The van der Waals surface area contributed by atoms with Crippen LogP contribution in [0.4, 0.5) is 5.82 Å². The number of carbonyl (C=O) groups excluding carboxylic acids is 1. The Balaban J connectivity index is 1.72. The first-order chi connectivity index (χ1) is 14.8. The van der Waals surface area contributed by atoms with Gasteiger partial charge in [-0.2, -0.15) is 0 Å². The summed E-state index contributed by atoms with van der Waals surface area (Å²) in [7, 11) is -3.50. The van der Waals surface area contributed by atoms with Crippen molar-refractivity contribution in [2.24, 2.45) is 5.92 Å². The smallest absolute Gasteiger partial charge is 0.267 e. The molecule has 0 spiro atoms. The van der Waals surface area contributed by atoms with E-state index in [0.717, 1.165) is 11.1 Å². The summed E-state index contributed by atoms with van der Waals surface area (Å²) in [6.07, 6.45) is 2.11. The quantitative estimate of drug-likeness (QED) is 0.464. The van der Waals surface area contributed by atoms with Crippen molar-refractivity contribution in [2.75, 3.05) is 18.4 Å². The standard InChI is InChI=1S/C21H26N6O3S/c1-4-22-21(28)16-10-15-19(26-16)23-11-24-20(15)27-18(12(2)3)14-6-5-13-7-8-25-31(29,30)17(13)9-14/h5-6,9-12,18,25H,4,7-8H2,1-3H3,(H,22,28)(H2,23,24,26,27)/t18-/m1/s1. The molecule has 4 rings (SSSR count). The number of hydrogen-bond donors (Lipinski definition) is 4. The van der Waals surface area contributed by atoms with Crippen molar-refractivity contribution >= 4 is 32.8 Å². The molecular weight excluding hydrogens is 416 g/mol. The van der Waals surface area contributed by atoms with Gasteiger partial charge < -0.3 is 15.6 Å². The Bertz CT molecular complexity index is 1240. The van der Waals surface area contributed by atoms with Gasteiger partial charge in [0, 0.05) is 13.1 Å². The molecule has 0 saturated carbocycles. The molecule has 1 aromatic carbocycles. The van der Waals surface area contributed by atoms with E-state index in [1.54, 1.807) is 12.1 Å². The molecule has 0 saturated heterocycles. The molecule has 0 aliphatic carbocycles. The lowest BCUT2D eigenvalue weighted by molar-refractivity contribution is 0.0951. The predicted octanol–water partition coefficient (Wildman–Crippen LogP) is 2.35. The summed E-state index contributed by atoms with van der Waals surface area (Å²) in [5.74, 6) is 0.512. The van der Waals surface area contributed by atoms with E-state index in [1.807, 2.05) is 19.1 Å². The molecule has 0 unspecified atom stereocenters. The molecule has 10 heteroatoms. The van der Waals surface area contributed by atoms with Crippen LogP contribution in [0.15, 0.2) is 35.5 Å². The topological polar surface area (TPSA) is 129 Å². The average Bonchev–Trinajstić information content (AvgIpc) is 3.17. The fourth-order valence-corrected chi connectivity index (χ4v) is 5.17. The molecule has 1 aliphatic heterocycles. The predicted molar refractivity (Wildman–Crippen MR) is 118 cm³/mol. The second-order valence-electron chi connectivity index (χ2n) is 7.91. The van der Waals surface area contributed by atoms with E-state index < -0.39 is 10.0 Å². The van der Waals surface area contributed by atoms with Crippen molar-refractivity contribution in [3.8, 4) is 0 Å². The highest BCUT2D eigenvalue weighted by Gasteiger charge is 2.26. The molecule has 1 amide bonds. The Labute approximate surface area is 181 Å². The highest BCUT2D eigenvalue weighted by molar-refractivity contribution is 7.89. The van der Waals surface area contributed by atoms with Crippen LogP contribution in [0.25, 0.3) is 11.0 Å². The Hall–Kier alpha value is -2.98. The molecular formula is C21H26N6O3S. The molecule has 0 radical (unpaired) electrons. The minimum atomic E-state index is -3.50. The van der Waals surface area contributed by atoms with Crippen molar-refractivity contribution in [3.63, 3.8) is 0 Å². The SMILES string of the molecule is CCNC(=O)c1cc2c(N[C@@H](c3ccc4c(c3)S(=O)(=O)NCC4)C(C)C)ncnc2[nH]1. The second-order valence-corrected chi connectivity index (χ2v) is 9.64. The van der Waals surface area contributed by atoms with Gasteiger partial charge in [0.15, 0.2) is 0 Å². The van der Waals surface area contributed by atoms with E-state index in [0.29, 0.717) is 47.0 Å². The number of carbonyl (C=O) groups is 1. The van der Waals surface area contributed by atoms with E-state index in [-0.39, 0.29) is 17.9 Å². The summed E-state index contributed by atoms with van der Waals surface area (Å²) in [6.45, 7) is 6.91. The average molecular weight is 443 g/mol. The lowest BCUT2D eigenvalue weighted by atomic mass is 9.94. The summed E-state index contributed by atoms with van der Waals surface area (Å²) >= 11 is 0. The van der Waals surface area contributed by atoms with E-state index in [9.17, 15) is 13.2 Å². The number of aromatic amines is 1. The number of sulfonamides is 1. The minimum Gasteiger partial charge on any atom is -0.362 e. The molecule has 3 aromatic rings. The number of benzene rings is 1. The Morgan fingerprint density at radius 1 is 1.23 bits per heavy atom. The monoisotopic (exact) mass is 442 g/mol. The third-order valence-corrected chi connectivity index (χ3v) is 6.94. The third-order valence-electron chi connectivity index (χ3n) is 5.39. The summed E-state index contributed by atoms with van der Waals surface area (Å²) in [5, 5.41) is 6.90. The molecule has 1 aliphatic rings. The zero-order valence-corrected chi connectivity index (χ0v) is 18.5. The fourth-order valence-electron chi connectivity index (χ4n) is 3.83. The number of nitrogens with zero attached hydrogens (tertiary/aromatic N) is 2. The molecule has 0 fully saturated rings. The number of amides is 1. The van der Waals surface area contributed by atoms with Crippen LogP contribution in [-0.2, 0) is 16.4 Å². The van der Waals surface area contributed by atoms with Crippen molar-refractivity contribution in [3.05, 3.63) is 47.4 Å². The largest absolute Gasteiger partial charge is 0.362 e. The summed E-state index contributed by atoms with van der Waals surface area (Å²) in [6, 6.07) is 7.13. The minimum absolute atomic E-state index is 0.143. The van der Waals surface area contributed by atoms with Crippen molar-refractivity contribution in [1.29, 1.82) is 0 Å². The van der Waals surface area contributed by atoms with Crippen LogP contribution in [-0.4, -0.2) is 42.4 Å². The van der Waals surface area contributed by atoms with Gasteiger partial charge in [-0.05, 0) is 42.5 Å². The van der Waals surface area contributed by atoms with Gasteiger partial charge >= 0.3 is 0 Å². The molecule has 0 bridgehead atoms. The van der Waals surface area contributed by atoms with Gasteiger partial charge in [0.2, 0.25) is 10.0 Å². The first-order valence-electron chi connectivity index (χ1n) is 10.3. The van der Waals surface area contributed by atoms with Gasteiger partial charge in [-0.25, -0.2) is 23.1 Å². The Morgan fingerprint density at radius 3 is 2.77 bits per heavy atom. The molecule has 164 valence electrons. The maximum atomic E-state index is 12.5. The molecule has 2 aromatic heterocycles. The van der Waals surface area contributed by atoms with Gasteiger partial charge in [-0.1, -0.05) is 26.0 Å². The van der Waals surface area contributed by atoms with Gasteiger partial charge in [0.25, 0.3) is 5.91 Å². The summed E-state index contributed by atoms with van der Waals surface area (Å²) in [5.41, 5.74) is 2.64. The normalized spacial score (nSPS) is 16.1. The van der Waals surface area contributed by atoms with E-state index in [4.69, 9.17) is 0 Å². The van der Waals surface area contributed by atoms with Crippen LogP contribution in [0.1, 0.15) is 48.4 Å². The van der Waals surface area contributed by atoms with Crippen LogP contribution < -0.4 is 15.4 Å². The van der Waals surface area contributed by atoms with Crippen LogP contribution in [0, 0.1) is 5.92 Å². The molecule has 9 nitrogen and oxygen atoms in total. The number of hydrogen-bond acceptors (Lipinski definition) is 6. The first-order valence-corrected chi connectivity index (χ1v) is 11.8. The van der Waals surface area contributed by atoms with Gasteiger partial charge in [-0.15, -0.1) is 0 Å². The summed E-state index contributed by atoms with van der Waals surface area (Å²) in [4.78, 5) is 24.2. The number of rotatable bonds is 6. The van der Waals surface area contributed by atoms with E-state index in [2.05, 4.69) is 44.2 Å². The van der Waals surface area contributed by atoms with Gasteiger partial charge in [0.05, 0.1) is 16.3 Å². The Kier molecular flexibility index (Phi) is 5.67. The first kappa shape index (κ1) is 21.3. The highest BCUT2D eigenvalue weighted by atomic mass is 32.2. The second kappa shape index (κ2) is 8.27. The zero-order chi connectivity index (χ0) is 22.2. The third kappa shape index (κ3) is 4.13. The van der Waals surface area contributed by atoms with E-state index >= 15 is 0 Å². The highest BCUT2D eigenvalue weighted by Crippen LogP contribution is 2.32. The van der Waals surface area contributed by atoms with Crippen LogP contribution in [0.5, 0.6) is 0 Å². The number of aromatic nitrogens is 3. The maximum Gasteiger partial charge on any atom is 0.267 e. The fraction of sp³-hybridized carbons (Fsp3) is 0.381. The van der Waals surface area contributed by atoms with Crippen LogP contribution in [0.3, 0.4) is 0 Å². The van der Waals surface area contributed by atoms with Crippen molar-refractivity contribution < 1.29 is 13.2 Å². The Morgan fingerprint density at radius 2 is 2.03 bits per heavy atom. The molecule has 1 atom stereocenters. The van der Waals surface area contributed by atoms with Gasteiger partial charge in [-0.3, -0.25) is 4.79 Å². The van der Waals surface area contributed by atoms with E-state index in [1.165, 1.54) is 6.33 Å². The zero-order valence-electron chi connectivity index (χ0n) is 17.7. The lowest BCUT2D eigenvalue weighted by Gasteiger charge is -2.26. The summed E-state index contributed by atoms with van der Waals surface area (Å²) < 4.78 is 27.5. The number of anilines is 1. The molecule has 31 heavy (non-hydrogen) atoms. The van der Waals surface area contributed by atoms with Crippen LogP contribution >= 0.6 is 0 Å². The number of fused-ring (bicyclic) bond motifs is 2. The van der Waals surface area contributed by atoms with Crippen molar-refractivity contribution in [2.45, 2.75) is 38.1 Å². The number of nitrogens with one attached hydrogen (secondary N) is 4. The van der Waals surface area contributed by atoms with Crippen molar-refractivity contribution in [1.82, 2.24) is 25.0 Å². The van der Waals surface area contributed by atoms with Crippen LogP contribution in [0.2, 0.25) is 0 Å². The van der Waals surface area contributed by atoms with Gasteiger partial charge in [0.1, 0.15) is 23.5 Å². The number of H-pyrrole nitrogens is 1. The molecule has 4 N–H and O–H groups in total.